The van der Waals surface area contributed by atoms with E-state index in [4.69, 9.17) is 0 Å². The average Bonchev–Trinajstić information content (AvgIpc) is 2.30. The summed E-state index contributed by atoms with van der Waals surface area (Å²) in [6.07, 6.45) is 2.29. The summed E-state index contributed by atoms with van der Waals surface area (Å²) in [5, 5.41) is 0.121. The van der Waals surface area contributed by atoms with Gasteiger partial charge in [-0.3, -0.25) is 14.2 Å². The van der Waals surface area contributed by atoms with Crippen molar-refractivity contribution >= 4 is 26.7 Å². The van der Waals surface area contributed by atoms with E-state index < -0.39 is 15.4 Å². The van der Waals surface area contributed by atoms with Crippen LogP contribution in [0.4, 0.5) is 0 Å². The lowest BCUT2D eigenvalue weighted by Gasteiger charge is -2.07. The highest BCUT2D eigenvalue weighted by molar-refractivity contribution is 7.90. The third kappa shape index (κ3) is 2.68. The first-order chi connectivity index (χ1) is 8.79. The molecule has 19 heavy (non-hydrogen) atoms. The number of hydrogen-bond acceptors (Lipinski definition) is 6. The highest BCUT2D eigenvalue weighted by Gasteiger charge is 2.14. The number of ketones is 1. The SMILES string of the molecule is CC(=O)Cn1c(=O)ccc2cnc(S(C)(=O)=O)nc21. The van der Waals surface area contributed by atoms with E-state index in [0.29, 0.717) is 5.39 Å². The lowest BCUT2D eigenvalue weighted by atomic mass is 10.3. The van der Waals surface area contributed by atoms with Crippen molar-refractivity contribution in [1.29, 1.82) is 0 Å². The molecule has 0 unspecified atom stereocenters. The maximum absolute atomic E-state index is 11.7. The van der Waals surface area contributed by atoms with Gasteiger partial charge in [0.1, 0.15) is 11.4 Å². The normalized spacial score (nSPS) is 11.7. The van der Waals surface area contributed by atoms with Crippen molar-refractivity contribution < 1.29 is 13.2 Å². The summed E-state index contributed by atoms with van der Waals surface area (Å²) in [5.41, 5.74) is -0.279. The minimum Gasteiger partial charge on any atom is -0.298 e. The molecular weight excluding hydrogens is 270 g/mol. The summed E-state index contributed by atoms with van der Waals surface area (Å²) < 4.78 is 24.0. The maximum Gasteiger partial charge on any atom is 0.252 e. The van der Waals surface area contributed by atoms with Crippen molar-refractivity contribution in [3.8, 4) is 0 Å². The summed E-state index contributed by atoms with van der Waals surface area (Å²) in [6.45, 7) is 1.18. The van der Waals surface area contributed by atoms with Gasteiger partial charge >= 0.3 is 0 Å². The Kier molecular flexibility index (Phi) is 3.19. The number of Topliss-reactive ketones (excluding diaryl/α,β-unsaturated/α-hetero) is 1. The molecule has 0 spiro atoms. The Hall–Kier alpha value is -2.09. The summed E-state index contributed by atoms with van der Waals surface area (Å²) in [5.74, 6) is -0.228. The van der Waals surface area contributed by atoms with Crippen molar-refractivity contribution in [1.82, 2.24) is 14.5 Å². The summed E-state index contributed by atoms with van der Waals surface area (Å²) >= 11 is 0. The fraction of sp³-hybridized carbons (Fsp3) is 0.273. The molecule has 0 fully saturated rings. The van der Waals surface area contributed by atoms with Crippen LogP contribution in [0.5, 0.6) is 0 Å². The first kappa shape index (κ1) is 13.3. The van der Waals surface area contributed by atoms with E-state index in [0.717, 1.165) is 10.8 Å². The molecule has 0 bridgehead atoms. The number of aromatic nitrogens is 3. The molecule has 0 atom stereocenters. The molecule has 100 valence electrons. The third-order valence-corrected chi connectivity index (χ3v) is 3.27. The van der Waals surface area contributed by atoms with E-state index in [9.17, 15) is 18.0 Å². The first-order valence-electron chi connectivity index (χ1n) is 5.35. The molecule has 0 saturated carbocycles. The average molecular weight is 281 g/mol. The monoisotopic (exact) mass is 281 g/mol. The molecule has 0 aliphatic rings. The quantitative estimate of drug-likeness (QED) is 0.721. The number of fused-ring (bicyclic) bond motifs is 1. The molecule has 0 radical (unpaired) electrons. The fourth-order valence-electron chi connectivity index (χ4n) is 1.61. The van der Waals surface area contributed by atoms with E-state index in [1.165, 1.54) is 25.3 Å². The second-order valence-electron chi connectivity index (χ2n) is 4.16. The molecule has 0 amide bonds. The number of pyridine rings is 1. The number of carbonyl (C=O) groups excluding carboxylic acids is 1. The van der Waals surface area contributed by atoms with Crippen molar-refractivity contribution in [3.05, 3.63) is 28.7 Å². The zero-order valence-electron chi connectivity index (χ0n) is 10.3. The highest BCUT2D eigenvalue weighted by atomic mass is 32.2. The van der Waals surface area contributed by atoms with Gasteiger partial charge in [0.2, 0.25) is 15.0 Å². The van der Waals surface area contributed by atoms with E-state index in [-0.39, 0.29) is 23.1 Å². The van der Waals surface area contributed by atoms with Crippen LogP contribution in [0, 0.1) is 0 Å². The molecule has 2 rings (SSSR count). The zero-order chi connectivity index (χ0) is 14.2. The predicted octanol–water partition coefficient (Wildman–Crippen LogP) is -0.216. The minimum atomic E-state index is -3.57. The van der Waals surface area contributed by atoms with Crippen molar-refractivity contribution in [2.45, 2.75) is 18.6 Å². The molecule has 8 heteroatoms. The van der Waals surface area contributed by atoms with E-state index in [1.807, 2.05) is 0 Å². The number of hydrogen-bond donors (Lipinski definition) is 0. The summed E-state index contributed by atoms with van der Waals surface area (Å²) in [7, 11) is -3.57. The Labute approximate surface area is 108 Å². The Morgan fingerprint density at radius 3 is 2.63 bits per heavy atom. The van der Waals surface area contributed by atoms with Gasteiger partial charge in [-0.15, -0.1) is 0 Å². The molecule has 0 saturated heterocycles. The maximum atomic E-state index is 11.7. The van der Waals surface area contributed by atoms with Crippen LogP contribution < -0.4 is 5.56 Å². The molecule has 0 aromatic carbocycles. The Bertz CT molecular complexity index is 823. The van der Waals surface area contributed by atoms with Gasteiger partial charge in [0.15, 0.2) is 0 Å². The van der Waals surface area contributed by atoms with Crippen molar-refractivity contribution in [2.75, 3.05) is 6.26 Å². The van der Waals surface area contributed by atoms with E-state index in [1.54, 1.807) is 0 Å². The number of rotatable bonds is 3. The van der Waals surface area contributed by atoms with E-state index in [2.05, 4.69) is 9.97 Å². The molecule has 7 nitrogen and oxygen atoms in total. The number of nitrogens with zero attached hydrogens (tertiary/aromatic N) is 3. The zero-order valence-corrected chi connectivity index (χ0v) is 11.1. The Morgan fingerprint density at radius 1 is 1.37 bits per heavy atom. The van der Waals surface area contributed by atoms with Crippen LogP contribution in [0.1, 0.15) is 6.92 Å². The van der Waals surface area contributed by atoms with Crippen LogP contribution in [-0.2, 0) is 21.2 Å². The van der Waals surface area contributed by atoms with Gasteiger partial charge in [-0.1, -0.05) is 0 Å². The van der Waals surface area contributed by atoms with Gasteiger partial charge in [0.25, 0.3) is 5.56 Å². The topological polar surface area (TPSA) is 99.0 Å². The van der Waals surface area contributed by atoms with Gasteiger partial charge in [-0.05, 0) is 13.0 Å². The van der Waals surface area contributed by atoms with Crippen LogP contribution in [0.3, 0.4) is 0 Å². The number of sulfone groups is 1. The first-order valence-corrected chi connectivity index (χ1v) is 7.24. The van der Waals surface area contributed by atoms with Gasteiger partial charge in [-0.25, -0.2) is 13.4 Å². The molecule has 0 aliphatic heterocycles. The van der Waals surface area contributed by atoms with Gasteiger partial charge in [-0.2, -0.15) is 4.98 Å². The standard InChI is InChI=1S/C11H11N3O4S/c1-7(15)6-14-9(16)4-3-8-5-12-11(13-10(8)14)19(2,17)18/h3-5H,6H2,1-2H3. The van der Waals surface area contributed by atoms with Crippen LogP contribution in [0.2, 0.25) is 0 Å². The van der Waals surface area contributed by atoms with Gasteiger partial charge in [0, 0.05) is 23.9 Å². The molecule has 2 heterocycles. The summed E-state index contributed by atoms with van der Waals surface area (Å²) in [4.78, 5) is 30.5. The van der Waals surface area contributed by atoms with Gasteiger partial charge in [0.05, 0.1) is 6.54 Å². The Morgan fingerprint density at radius 2 is 2.05 bits per heavy atom. The van der Waals surface area contributed by atoms with Crippen LogP contribution in [-0.4, -0.2) is 35.0 Å². The molecule has 0 N–H and O–H groups in total. The highest BCUT2D eigenvalue weighted by Crippen LogP contribution is 2.11. The molecule has 2 aromatic heterocycles. The molecule has 0 aliphatic carbocycles. The summed E-state index contributed by atoms with van der Waals surface area (Å²) in [6, 6.07) is 2.77. The fourth-order valence-corrected chi connectivity index (χ4v) is 2.11. The molecule has 2 aromatic rings. The van der Waals surface area contributed by atoms with Gasteiger partial charge < -0.3 is 0 Å². The van der Waals surface area contributed by atoms with Crippen LogP contribution >= 0.6 is 0 Å². The predicted molar refractivity (Wildman–Crippen MR) is 67.6 cm³/mol. The number of carbonyl (C=O) groups is 1. The lowest BCUT2D eigenvalue weighted by molar-refractivity contribution is -0.117. The largest absolute Gasteiger partial charge is 0.298 e. The second kappa shape index (κ2) is 4.54. The Balaban J connectivity index is 2.82. The van der Waals surface area contributed by atoms with Crippen LogP contribution in [0.15, 0.2) is 28.3 Å². The van der Waals surface area contributed by atoms with Crippen molar-refractivity contribution in [3.63, 3.8) is 0 Å². The third-order valence-electron chi connectivity index (χ3n) is 2.41. The molecular formula is C11H11N3O4S. The van der Waals surface area contributed by atoms with E-state index >= 15 is 0 Å². The lowest BCUT2D eigenvalue weighted by Crippen LogP contribution is -2.24. The van der Waals surface area contributed by atoms with Crippen molar-refractivity contribution in [2.24, 2.45) is 0 Å². The minimum absolute atomic E-state index is 0.137. The smallest absolute Gasteiger partial charge is 0.252 e. The van der Waals surface area contributed by atoms with Crippen LogP contribution in [0.25, 0.3) is 11.0 Å². The second-order valence-corrected chi connectivity index (χ2v) is 6.07.